The number of para-hydroxylation sites is 1. The first-order chi connectivity index (χ1) is 19.0. The lowest BCUT2D eigenvalue weighted by atomic mass is 9.86. The van der Waals surface area contributed by atoms with Crippen LogP contribution in [0.4, 0.5) is 10.7 Å². The number of thiazole rings is 1. The third-order valence-corrected chi connectivity index (χ3v) is 7.82. The van der Waals surface area contributed by atoms with E-state index in [1.165, 1.54) is 17.8 Å². The Labute approximate surface area is 230 Å². The molecular weight excluding hydrogens is 514 g/mol. The number of fused-ring (bicyclic) bond motifs is 1. The highest BCUT2D eigenvalue weighted by Gasteiger charge is 2.29. The summed E-state index contributed by atoms with van der Waals surface area (Å²) in [4.78, 5) is 22.4. The average Bonchev–Trinajstić information content (AvgIpc) is 3.26. The van der Waals surface area contributed by atoms with Crippen LogP contribution in [0.1, 0.15) is 59.9 Å². The van der Waals surface area contributed by atoms with Crippen molar-refractivity contribution in [2.24, 2.45) is 4.99 Å². The molecule has 1 aliphatic carbocycles. The van der Waals surface area contributed by atoms with Gasteiger partial charge < -0.3 is 25.8 Å². The molecular formula is C28H31N7O3S. The van der Waals surface area contributed by atoms with Gasteiger partial charge in [0.25, 0.3) is 11.9 Å². The third kappa shape index (κ3) is 6.15. The maximum Gasteiger partial charge on any atom is 0.290 e. The van der Waals surface area contributed by atoms with Gasteiger partial charge in [0.2, 0.25) is 12.1 Å². The second-order valence-electron chi connectivity index (χ2n) is 9.40. The summed E-state index contributed by atoms with van der Waals surface area (Å²) in [5.74, 6) is -0.349. The Morgan fingerprint density at radius 3 is 2.62 bits per heavy atom. The van der Waals surface area contributed by atoms with Gasteiger partial charge >= 0.3 is 0 Å². The fourth-order valence-electron chi connectivity index (χ4n) is 4.36. The number of aliphatic hydroxyl groups is 1. The Kier molecular flexibility index (Phi) is 8.28. The summed E-state index contributed by atoms with van der Waals surface area (Å²) < 4.78 is 5.53. The Morgan fingerprint density at radius 1 is 1.10 bits per heavy atom. The monoisotopic (exact) mass is 545 g/mol. The fraction of sp³-hybridized carbons (Fsp3) is 0.321. The lowest BCUT2D eigenvalue weighted by Crippen LogP contribution is -2.43. The van der Waals surface area contributed by atoms with Gasteiger partial charge in [-0.15, -0.1) is 11.3 Å². The molecule has 0 saturated heterocycles. The van der Waals surface area contributed by atoms with Crippen molar-refractivity contribution >= 4 is 45.6 Å². The lowest BCUT2D eigenvalue weighted by molar-refractivity contribution is -0.117. The smallest absolute Gasteiger partial charge is 0.290 e. The maximum atomic E-state index is 13.1. The largest absolute Gasteiger partial charge is 0.405 e. The van der Waals surface area contributed by atoms with E-state index in [9.17, 15) is 4.79 Å². The van der Waals surface area contributed by atoms with Crippen molar-refractivity contribution in [2.45, 2.75) is 44.2 Å². The Bertz CT molecular complexity index is 1380. The second kappa shape index (κ2) is 12.2. The van der Waals surface area contributed by atoms with Gasteiger partial charge in [-0.25, -0.2) is 9.98 Å². The molecule has 1 unspecified atom stereocenters. The van der Waals surface area contributed by atoms with Crippen LogP contribution in [-0.4, -0.2) is 52.9 Å². The molecule has 39 heavy (non-hydrogen) atoms. The molecule has 0 radical (unpaired) electrons. The summed E-state index contributed by atoms with van der Waals surface area (Å²) in [6, 6.07) is 16.5. The van der Waals surface area contributed by atoms with Crippen LogP contribution in [0, 0.1) is 10.8 Å². The number of carbonyl (C=O) groups excluding carboxylic acids is 1. The summed E-state index contributed by atoms with van der Waals surface area (Å²) in [6.07, 6.45) is 3.62. The van der Waals surface area contributed by atoms with E-state index in [2.05, 4.69) is 25.9 Å². The molecule has 1 atom stereocenters. The predicted molar refractivity (Wildman–Crippen MR) is 153 cm³/mol. The van der Waals surface area contributed by atoms with E-state index in [1.807, 2.05) is 54.6 Å². The van der Waals surface area contributed by atoms with Crippen LogP contribution in [0.3, 0.4) is 0 Å². The van der Waals surface area contributed by atoms with Gasteiger partial charge in [0, 0.05) is 30.2 Å². The number of nitrogens with zero attached hydrogens (tertiary/aromatic N) is 2. The Hall–Kier alpha value is -4.09. The topological polar surface area (TPSA) is 156 Å². The molecule has 2 aromatic carbocycles. The molecule has 5 rings (SSSR count). The first-order valence-corrected chi connectivity index (χ1v) is 13.9. The highest BCUT2D eigenvalue weighted by molar-refractivity contribution is 7.16. The zero-order valence-corrected chi connectivity index (χ0v) is 22.2. The number of hydrogen-bond acceptors (Lipinski definition) is 9. The molecule has 1 aromatic heterocycles. The number of aromatic nitrogens is 1. The van der Waals surface area contributed by atoms with E-state index in [-0.39, 0.29) is 12.5 Å². The highest BCUT2D eigenvalue weighted by Crippen LogP contribution is 2.41. The van der Waals surface area contributed by atoms with Gasteiger partial charge in [0.15, 0.2) is 5.69 Å². The van der Waals surface area contributed by atoms with Gasteiger partial charge in [-0.2, -0.15) is 0 Å². The summed E-state index contributed by atoms with van der Waals surface area (Å²) in [5, 5.41) is 36.6. The van der Waals surface area contributed by atoms with E-state index in [0.717, 1.165) is 35.4 Å². The van der Waals surface area contributed by atoms with E-state index in [0.29, 0.717) is 41.0 Å². The highest BCUT2D eigenvalue weighted by atomic mass is 32.1. The number of rotatable bonds is 9. The maximum absolute atomic E-state index is 13.1. The number of amides is 1. The minimum absolute atomic E-state index is 0.126. The van der Waals surface area contributed by atoms with E-state index in [4.69, 9.17) is 20.7 Å². The molecule has 0 spiro atoms. The molecule has 202 valence electrons. The first-order valence-electron chi connectivity index (χ1n) is 13.0. The van der Waals surface area contributed by atoms with Gasteiger partial charge in [-0.3, -0.25) is 15.6 Å². The summed E-state index contributed by atoms with van der Waals surface area (Å²) in [7, 11) is 0. The normalized spacial score (nSPS) is 16.7. The quantitative estimate of drug-likeness (QED) is 0.134. The SMILES string of the molecule is N=C(NC1N=C(c2ccccc2)c2ccccc2NC1=O)OC(=N)c1nc(C2CCC2)sc1NCCCCO. The van der Waals surface area contributed by atoms with Crippen LogP contribution in [0.2, 0.25) is 0 Å². The van der Waals surface area contributed by atoms with Gasteiger partial charge in [0.05, 0.1) is 16.4 Å². The van der Waals surface area contributed by atoms with Crippen molar-refractivity contribution in [2.75, 3.05) is 23.8 Å². The van der Waals surface area contributed by atoms with Gasteiger partial charge in [-0.05, 0) is 31.7 Å². The molecule has 1 saturated carbocycles. The van der Waals surface area contributed by atoms with Crippen LogP contribution >= 0.6 is 11.3 Å². The zero-order chi connectivity index (χ0) is 27.2. The van der Waals surface area contributed by atoms with Gasteiger partial charge in [0.1, 0.15) is 5.00 Å². The predicted octanol–water partition coefficient (Wildman–Crippen LogP) is 4.28. The van der Waals surface area contributed by atoms with Crippen LogP contribution in [0.15, 0.2) is 59.6 Å². The Morgan fingerprint density at radius 2 is 1.87 bits per heavy atom. The number of unbranched alkanes of at least 4 members (excludes halogenated alkanes) is 1. The standard InChI is InChI=1S/C28H31N7O3S/c29-23(22-27(31-15-6-7-16-36)39-26(34-22)18-11-8-12-18)38-28(30)35-24-25(37)32-20-14-5-4-13-19(20)21(33-24)17-9-2-1-3-10-17/h1-5,9-10,13-14,18,24,29,31,36H,6-8,11-12,15-16H2,(H2,30,35)(H,32,37). The van der Waals surface area contributed by atoms with Crippen LogP contribution < -0.4 is 16.0 Å². The summed E-state index contributed by atoms with van der Waals surface area (Å²) >= 11 is 1.50. The number of benzene rings is 2. The molecule has 2 aliphatic rings. The third-order valence-electron chi connectivity index (χ3n) is 6.65. The Balaban J connectivity index is 1.33. The minimum Gasteiger partial charge on any atom is -0.405 e. The van der Waals surface area contributed by atoms with Gasteiger partial charge in [-0.1, -0.05) is 55.0 Å². The van der Waals surface area contributed by atoms with Crippen molar-refractivity contribution in [1.82, 2.24) is 10.3 Å². The molecule has 3 aromatic rings. The number of nitrogens with one attached hydrogen (secondary N) is 5. The average molecular weight is 546 g/mol. The molecule has 1 amide bonds. The van der Waals surface area contributed by atoms with Crippen molar-refractivity contribution < 1.29 is 14.6 Å². The van der Waals surface area contributed by atoms with Crippen molar-refractivity contribution in [3.05, 3.63) is 76.4 Å². The molecule has 2 heterocycles. The lowest BCUT2D eigenvalue weighted by Gasteiger charge is -2.22. The van der Waals surface area contributed by atoms with Crippen molar-refractivity contribution in [3.8, 4) is 0 Å². The number of carbonyl (C=O) groups is 1. The summed E-state index contributed by atoms with van der Waals surface area (Å²) in [6.45, 7) is 0.753. The van der Waals surface area contributed by atoms with Crippen LogP contribution in [0.5, 0.6) is 0 Å². The molecule has 1 fully saturated rings. The molecule has 11 heteroatoms. The number of amidine groups is 1. The number of benzodiazepines with no additional fused rings is 1. The summed E-state index contributed by atoms with van der Waals surface area (Å²) in [5.41, 5.74) is 3.16. The van der Waals surface area contributed by atoms with Crippen LogP contribution in [0.25, 0.3) is 0 Å². The number of aliphatic hydroxyl groups excluding tert-OH is 1. The number of hydrogen-bond donors (Lipinski definition) is 6. The number of anilines is 2. The van der Waals surface area contributed by atoms with E-state index < -0.39 is 18.1 Å². The first kappa shape index (κ1) is 26.5. The van der Waals surface area contributed by atoms with E-state index in [1.54, 1.807) is 0 Å². The number of aliphatic imine (C=N–C) groups is 1. The number of ether oxygens (including phenoxy) is 1. The molecule has 0 bridgehead atoms. The van der Waals surface area contributed by atoms with E-state index >= 15 is 0 Å². The van der Waals surface area contributed by atoms with Crippen molar-refractivity contribution in [1.29, 1.82) is 10.8 Å². The fourth-order valence-corrected chi connectivity index (χ4v) is 5.52. The zero-order valence-electron chi connectivity index (χ0n) is 21.4. The van der Waals surface area contributed by atoms with Crippen molar-refractivity contribution in [3.63, 3.8) is 0 Å². The van der Waals surface area contributed by atoms with Crippen LogP contribution in [-0.2, 0) is 9.53 Å². The minimum atomic E-state index is -1.15. The molecule has 10 nitrogen and oxygen atoms in total. The second-order valence-corrected chi connectivity index (χ2v) is 10.4. The molecule has 1 aliphatic heterocycles. The molecule has 6 N–H and O–H groups in total.